The van der Waals surface area contributed by atoms with E-state index in [2.05, 4.69) is 6.92 Å². The second-order valence-electron chi connectivity index (χ2n) is 4.72. The molecule has 17 heavy (non-hydrogen) atoms. The Balaban J connectivity index is 2.60. The van der Waals surface area contributed by atoms with Gasteiger partial charge in [-0.2, -0.15) is 0 Å². The monoisotopic (exact) mass is 244 g/mol. The standard InChI is InChI=1S/C12H24N2O3/c1-3-4-10(5-13)12(16)14-6-9(2)17-11(7-14)8-15/h9-11,15H,3-8,13H2,1-2H3. The van der Waals surface area contributed by atoms with Crippen molar-refractivity contribution in [1.82, 2.24) is 4.90 Å². The van der Waals surface area contributed by atoms with Crippen LogP contribution in [-0.2, 0) is 9.53 Å². The summed E-state index contributed by atoms with van der Waals surface area (Å²) in [6.45, 7) is 5.38. The van der Waals surface area contributed by atoms with Crippen LogP contribution in [0.3, 0.4) is 0 Å². The van der Waals surface area contributed by atoms with Gasteiger partial charge in [-0.1, -0.05) is 13.3 Å². The van der Waals surface area contributed by atoms with Crippen molar-refractivity contribution in [1.29, 1.82) is 0 Å². The number of ether oxygens (including phenoxy) is 1. The number of amides is 1. The Morgan fingerprint density at radius 2 is 2.29 bits per heavy atom. The molecule has 0 radical (unpaired) electrons. The maximum Gasteiger partial charge on any atom is 0.227 e. The summed E-state index contributed by atoms with van der Waals surface area (Å²) in [5.74, 6) is 0.00703. The summed E-state index contributed by atoms with van der Waals surface area (Å²) in [7, 11) is 0. The van der Waals surface area contributed by atoms with Crippen molar-refractivity contribution in [2.75, 3.05) is 26.2 Å². The lowest BCUT2D eigenvalue weighted by Crippen LogP contribution is -2.52. The van der Waals surface area contributed by atoms with Crippen molar-refractivity contribution in [3.05, 3.63) is 0 Å². The summed E-state index contributed by atoms with van der Waals surface area (Å²) in [6.07, 6.45) is 1.49. The minimum absolute atomic E-state index is 0.0232. The quantitative estimate of drug-likeness (QED) is 0.712. The van der Waals surface area contributed by atoms with Gasteiger partial charge in [0.05, 0.1) is 24.7 Å². The lowest BCUT2D eigenvalue weighted by Gasteiger charge is -2.37. The maximum absolute atomic E-state index is 12.2. The molecule has 1 amide bonds. The fourth-order valence-electron chi connectivity index (χ4n) is 2.27. The number of hydrogen-bond donors (Lipinski definition) is 2. The molecular weight excluding hydrogens is 220 g/mol. The number of rotatable bonds is 5. The Morgan fingerprint density at radius 1 is 1.59 bits per heavy atom. The molecular formula is C12H24N2O3. The van der Waals surface area contributed by atoms with Gasteiger partial charge in [0.25, 0.3) is 0 Å². The summed E-state index contributed by atoms with van der Waals surface area (Å²) >= 11 is 0. The minimum atomic E-state index is -0.261. The first-order valence-electron chi connectivity index (χ1n) is 6.37. The minimum Gasteiger partial charge on any atom is -0.394 e. The highest BCUT2D eigenvalue weighted by Crippen LogP contribution is 2.16. The molecule has 1 heterocycles. The van der Waals surface area contributed by atoms with Crippen molar-refractivity contribution in [2.24, 2.45) is 11.7 Å². The van der Waals surface area contributed by atoms with Crippen LogP contribution in [0, 0.1) is 5.92 Å². The van der Waals surface area contributed by atoms with Crippen LogP contribution in [0.4, 0.5) is 0 Å². The van der Waals surface area contributed by atoms with Crippen LogP contribution in [0.25, 0.3) is 0 Å². The lowest BCUT2D eigenvalue weighted by molar-refractivity contribution is -0.151. The Morgan fingerprint density at radius 3 is 2.82 bits per heavy atom. The first-order chi connectivity index (χ1) is 8.12. The molecule has 0 bridgehead atoms. The van der Waals surface area contributed by atoms with Gasteiger partial charge in [0.2, 0.25) is 5.91 Å². The third-order valence-corrected chi connectivity index (χ3v) is 3.11. The number of carbonyl (C=O) groups is 1. The van der Waals surface area contributed by atoms with Gasteiger partial charge in [-0.15, -0.1) is 0 Å². The first-order valence-corrected chi connectivity index (χ1v) is 6.37. The molecule has 0 aromatic heterocycles. The van der Waals surface area contributed by atoms with Gasteiger partial charge in [-0.25, -0.2) is 0 Å². The number of carbonyl (C=O) groups excluding carboxylic acids is 1. The van der Waals surface area contributed by atoms with Crippen molar-refractivity contribution >= 4 is 5.91 Å². The maximum atomic E-state index is 12.2. The summed E-state index contributed by atoms with van der Waals surface area (Å²) < 4.78 is 5.51. The topological polar surface area (TPSA) is 75.8 Å². The highest BCUT2D eigenvalue weighted by Gasteiger charge is 2.30. The zero-order chi connectivity index (χ0) is 12.8. The van der Waals surface area contributed by atoms with Gasteiger partial charge in [0.1, 0.15) is 0 Å². The Kier molecular flexibility index (Phi) is 5.88. The number of morpholine rings is 1. The molecule has 1 saturated heterocycles. The molecule has 1 aliphatic heterocycles. The van der Waals surface area contributed by atoms with Crippen LogP contribution in [0.5, 0.6) is 0 Å². The highest BCUT2D eigenvalue weighted by molar-refractivity contribution is 5.79. The second-order valence-corrected chi connectivity index (χ2v) is 4.72. The van der Waals surface area contributed by atoms with Crippen molar-refractivity contribution in [3.63, 3.8) is 0 Å². The van der Waals surface area contributed by atoms with E-state index in [0.29, 0.717) is 19.6 Å². The van der Waals surface area contributed by atoms with Gasteiger partial charge in [0.15, 0.2) is 0 Å². The lowest BCUT2D eigenvalue weighted by atomic mass is 10.0. The van der Waals surface area contributed by atoms with E-state index in [1.165, 1.54) is 0 Å². The van der Waals surface area contributed by atoms with Crippen LogP contribution in [0.15, 0.2) is 0 Å². The second kappa shape index (κ2) is 6.93. The molecule has 100 valence electrons. The van der Waals surface area contributed by atoms with E-state index in [-0.39, 0.29) is 30.6 Å². The number of nitrogens with zero attached hydrogens (tertiary/aromatic N) is 1. The van der Waals surface area contributed by atoms with E-state index in [1.807, 2.05) is 6.92 Å². The van der Waals surface area contributed by atoms with Gasteiger partial charge >= 0.3 is 0 Å². The first kappa shape index (κ1) is 14.4. The van der Waals surface area contributed by atoms with E-state index < -0.39 is 0 Å². The van der Waals surface area contributed by atoms with E-state index in [0.717, 1.165) is 12.8 Å². The predicted octanol–water partition coefficient (Wildman–Crippen LogP) is -0.0304. The van der Waals surface area contributed by atoms with Crippen LogP contribution in [0.2, 0.25) is 0 Å². The normalized spacial score (nSPS) is 26.9. The largest absolute Gasteiger partial charge is 0.394 e. The van der Waals surface area contributed by atoms with E-state index in [4.69, 9.17) is 15.6 Å². The van der Waals surface area contributed by atoms with Gasteiger partial charge < -0.3 is 20.5 Å². The zero-order valence-electron chi connectivity index (χ0n) is 10.8. The van der Waals surface area contributed by atoms with Gasteiger partial charge in [0, 0.05) is 19.6 Å². The molecule has 0 spiro atoms. The van der Waals surface area contributed by atoms with Crippen molar-refractivity contribution < 1.29 is 14.6 Å². The molecule has 0 aromatic rings. The Bertz CT molecular complexity index is 248. The molecule has 1 fully saturated rings. The number of aliphatic hydroxyl groups excluding tert-OH is 1. The van der Waals surface area contributed by atoms with Gasteiger partial charge in [-0.05, 0) is 13.3 Å². The van der Waals surface area contributed by atoms with E-state index in [9.17, 15) is 4.79 Å². The predicted molar refractivity (Wildman–Crippen MR) is 65.5 cm³/mol. The molecule has 1 rings (SSSR count). The molecule has 3 N–H and O–H groups in total. The number of nitrogens with two attached hydrogens (primary N) is 1. The molecule has 3 unspecified atom stereocenters. The Hall–Kier alpha value is -0.650. The molecule has 5 nitrogen and oxygen atoms in total. The number of aliphatic hydroxyl groups is 1. The molecule has 5 heteroatoms. The molecule has 3 atom stereocenters. The van der Waals surface area contributed by atoms with E-state index in [1.54, 1.807) is 4.90 Å². The summed E-state index contributed by atoms with van der Waals surface area (Å²) in [5, 5.41) is 9.12. The van der Waals surface area contributed by atoms with Crippen LogP contribution < -0.4 is 5.73 Å². The fourth-order valence-corrected chi connectivity index (χ4v) is 2.27. The highest BCUT2D eigenvalue weighted by atomic mass is 16.5. The molecule has 0 aliphatic carbocycles. The third-order valence-electron chi connectivity index (χ3n) is 3.11. The number of hydrogen-bond acceptors (Lipinski definition) is 4. The zero-order valence-corrected chi connectivity index (χ0v) is 10.8. The Labute approximate surface area is 103 Å². The summed E-state index contributed by atoms with van der Waals surface area (Å²) in [6, 6.07) is 0. The van der Waals surface area contributed by atoms with Crippen LogP contribution in [0.1, 0.15) is 26.7 Å². The van der Waals surface area contributed by atoms with E-state index >= 15 is 0 Å². The average Bonchev–Trinajstić information content (AvgIpc) is 2.34. The smallest absolute Gasteiger partial charge is 0.227 e. The summed E-state index contributed by atoms with van der Waals surface area (Å²) in [4.78, 5) is 14.0. The molecule has 0 aromatic carbocycles. The van der Waals surface area contributed by atoms with Crippen LogP contribution in [-0.4, -0.2) is 54.4 Å². The molecule has 0 saturated carbocycles. The van der Waals surface area contributed by atoms with Crippen LogP contribution >= 0.6 is 0 Å². The molecule has 1 aliphatic rings. The SMILES string of the molecule is CCCC(CN)C(=O)N1CC(C)OC(CO)C1. The summed E-state index contributed by atoms with van der Waals surface area (Å²) in [5.41, 5.74) is 5.64. The van der Waals surface area contributed by atoms with Crippen molar-refractivity contribution in [2.45, 2.75) is 38.9 Å². The third kappa shape index (κ3) is 3.94. The van der Waals surface area contributed by atoms with Crippen molar-refractivity contribution in [3.8, 4) is 0 Å². The fraction of sp³-hybridized carbons (Fsp3) is 0.917. The van der Waals surface area contributed by atoms with Gasteiger partial charge in [-0.3, -0.25) is 4.79 Å². The average molecular weight is 244 g/mol.